The summed E-state index contributed by atoms with van der Waals surface area (Å²) in [5.74, 6) is 0.588. The fourth-order valence-electron chi connectivity index (χ4n) is 3.54. The summed E-state index contributed by atoms with van der Waals surface area (Å²) in [5.41, 5.74) is 2.78. The Hall–Kier alpha value is -3.35. The lowest BCUT2D eigenvalue weighted by Gasteiger charge is -2.13. The number of hydrogen-bond acceptors (Lipinski definition) is 3. The third-order valence-corrected chi connectivity index (χ3v) is 6.64. The molecule has 7 heteroatoms. The molecule has 0 saturated carbocycles. The minimum Gasteiger partial charge on any atom is -0.338 e. The van der Waals surface area contributed by atoms with Gasteiger partial charge in [-0.3, -0.25) is 4.72 Å². The van der Waals surface area contributed by atoms with Crippen LogP contribution in [0.1, 0.15) is 0 Å². The molecule has 0 fully saturated rings. The molecule has 0 radical (unpaired) electrons. The molecule has 1 heterocycles. The van der Waals surface area contributed by atoms with Crippen molar-refractivity contribution in [3.8, 4) is 11.4 Å². The summed E-state index contributed by atoms with van der Waals surface area (Å²) in [6.45, 7) is 0. The first-order valence-electron chi connectivity index (χ1n) is 9.27. The summed E-state index contributed by atoms with van der Waals surface area (Å²) >= 11 is 6.34. The fraction of sp³-hybridized carbons (Fsp3) is 0. The predicted octanol–water partition coefficient (Wildman–Crippen LogP) is 5.84. The van der Waals surface area contributed by atoms with E-state index in [1.165, 1.54) is 0 Å². The lowest BCUT2D eigenvalue weighted by atomic mass is 10.1. The minimum absolute atomic E-state index is 0.130. The number of aromatic nitrogens is 2. The molecule has 5 nitrogen and oxygen atoms in total. The van der Waals surface area contributed by atoms with Crippen LogP contribution in [0.3, 0.4) is 0 Å². The highest BCUT2D eigenvalue weighted by Crippen LogP contribution is 2.33. The van der Waals surface area contributed by atoms with Crippen molar-refractivity contribution in [3.05, 3.63) is 90.0 Å². The van der Waals surface area contributed by atoms with Crippen molar-refractivity contribution in [1.29, 1.82) is 0 Å². The average molecular weight is 434 g/mol. The predicted molar refractivity (Wildman–Crippen MR) is 121 cm³/mol. The van der Waals surface area contributed by atoms with Crippen molar-refractivity contribution < 1.29 is 8.42 Å². The second-order valence-electron chi connectivity index (χ2n) is 6.85. The first-order chi connectivity index (χ1) is 14.5. The van der Waals surface area contributed by atoms with Gasteiger partial charge in [-0.15, -0.1) is 0 Å². The van der Waals surface area contributed by atoms with E-state index >= 15 is 0 Å². The summed E-state index contributed by atoms with van der Waals surface area (Å²) in [6.07, 6.45) is 0. The van der Waals surface area contributed by atoms with Crippen LogP contribution < -0.4 is 4.72 Å². The van der Waals surface area contributed by atoms with Crippen LogP contribution in [0.15, 0.2) is 89.8 Å². The molecule has 0 aliphatic heterocycles. The SMILES string of the molecule is O=S(=O)(Nc1ccccc1-c1nc2ccccc2[nH]1)c1cccc2cccc(Cl)c12. The van der Waals surface area contributed by atoms with E-state index in [2.05, 4.69) is 14.7 Å². The van der Waals surface area contributed by atoms with Crippen molar-refractivity contribution in [2.75, 3.05) is 4.72 Å². The van der Waals surface area contributed by atoms with Gasteiger partial charge in [0.15, 0.2) is 0 Å². The molecule has 0 aliphatic rings. The number of nitrogens with zero attached hydrogens (tertiary/aromatic N) is 1. The van der Waals surface area contributed by atoms with Crippen molar-refractivity contribution in [2.45, 2.75) is 4.90 Å². The summed E-state index contributed by atoms with van der Waals surface area (Å²) in [7, 11) is -3.90. The zero-order valence-corrected chi connectivity index (χ0v) is 17.2. The van der Waals surface area contributed by atoms with Crippen molar-refractivity contribution in [2.24, 2.45) is 0 Å². The fourth-order valence-corrected chi connectivity index (χ4v) is 5.22. The molecule has 0 unspecified atom stereocenters. The maximum atomic E-state index is 13.3. The van der Waals surface area contributed by atoms with Crippen LogP contribution in [-0.4, -0.2) is 18.4 Å². The van der Waals surface area contributed by atoms with Crippen LogP contribution in [0.2, 0.25) is 5.02 Å². The van der Waals surface area contributed by atoms with Gasteiger partial charge in [-0.05, 0) is 41.8 Å². The number of H-pyrrole nitrogens is 1. The Morgan fingerprint density at radius 1 is 0.833 bits per heavy atom. The summed E-state index contributed by atoms with van der Waals surface area (Å²) in [4.78, 5) is 7.98. The first-order valence-corrected chi connectivity index (χ1v) is 11.1. The van der Waals surface area contributed by atoms with Gasteiger partial charge in [0, 0.05) is 16.0 Å². The Morgan fingerprint density at radius 3 is 2.40 bits per heavy atom. The molecule has 2 N–H and O–H groups in total. The molecule has 0 spiro atoms. The molecule has 0 atom stereocenters. The lowest BCUT2D eigenvalue weighted by Crippen LogP contribution is -2.14. The summed E-state index contributed by atoms with van der Waals surface area (Å²) in [5, 5.41) is 1.64. The van der Waals surface area contributed by atoms with Gasteiger partial charge in [-0.25, -0.2) is 13.4 Å². The maximum absolute atomic E-state index is 13.3. The highest BCUT2D eigenvalue weighted by Gasteiger charge is 2.21. The molecule has 30 heavy (non-hydrogen) atoms. The van der Waals surface area contributed by atoms with Gasteiger partial charge in [-0.1, -0.05) is 60.1 Å². The number of aromatic amines is 1. The Balaban J connectivity index is 1.62. The zero-order valence-electron chi connectivity index (χ0n) is 15.6. The molecule has 0 aliphatic carbocycles. The van der Waals surface area contributed by atoms with E-state index in [4.69, 9.17) is 11.6 Å². The molecule has 0 saturated heterocycles. The van der Waals surface area contributed by atoms with E-state index in [0.29, 0.717) is 27.5 Å². The summed E-state index contributed by atoms with van der Waals surface area (Å²) in [6, 6.07) is 25.2. The quantitative estimate of drug-likeness (QED) is 0.374. The van der Waals surface area contributed by atoms with E-state index in [1.807, 2.05) is 48.5 Å². The number of nitrogens with one attached hydrogen (secondary N) is 2. The Labute approximate surface area is 178 Å². The van der Waals surface area contributed by atoms with E-state index in [0.717, 1.165) is 16.4 Å². The molecular formula is C23H16ClN3O2S. The van der Waals surface area contributed by atoms with Crippen LogP contribution in [0.4, 0.5) is 5.69 Å². The topological polar surface area (TPSA) is 74.8 Å². The Kier molecular flexibility index (Phi) is 4.46. The highest BCUT2D eigenvalue weighted by molar-refractivity contribution is 7.93. The van der Waals surface area contributed by atoms with Crippen LogP contribution in [0.25, 0.3) is 33.2 Å². The molecule has 5 rings (SSSR count). The molecule has 0 bridgehead atoms. The van der Waals surface area contributed by atoms with Gasteiger partial charge in [0.05, 0.1) is 21.6 Å². The number of rotatable bonds is 4. The number of imidazole rings is 1. The first kappa shape index (κ1) is 18.7. The van der Waals surface area contributed by atoms with E-state index < -0.39 is 10.0 Å². The van der Waals surface area contributed by atoms with Gasteiger partial charge in [0.1, 0.15) is 5.82 Å². The number of halogens is 1. The standard InChI is InChI=1S/C23H16ClN3O2S/c24-17-10-5-7-15-8-6-14-21(22(15)17)30(28,29)27-18-11-2-1-9-16(18)23-25-19-12-3-4-13-20(19)26-23/h1-14,27H,(H,25,26). The van der Waals surface area contributed by atoms with E-state index in [9.17, 15) is 8.42 Å². The van der Waals surface area contributed by atoms with Crippen molar-refractivity contribution in [1.82, 2.24) is 9.97 Å². The molecule has 1 aromatic heterocycles. The minimum atomic E-state index is -3.90. The van der Waals surface area contributed by atoms with Gasteiger partial charge >= 0.3 is 0 Å². The monoisotopic (exact) mass is 433 g/mol. The van der Waals surface area contributed by atoms with Gasteiger partial charge in [0.2, 0.25) is 0 Å². The van der Waals surface area contributed by atoms with E-state index in [1.54, 1.807) is 36.4 Å². The van der Waals surface area contributed by atoms with Crippen LogP contribution >= 0.6 is 11.6 Å². The van der Waals surface area contributed by atoms with Gasteiger partial charge in [-0.2, -0.15) is 0 Å². The van der Waals surface area contributed by atoms with Crippen LogP contribution in [-0.2, 0) is 10.0 Å². The Morgan fingerprint density at radius 2 is 1.57 bits per heavy atom. The van der Waals surface area contributed by atoms with Crippen LogP contribution in [0, 0.1) is 0 Å². The van der Waals surface area contributed by atoms with Crippen LogP contribution in [0.5, 0.6) is 0 Å². The lowest BCUT2D eigenvalue weighted by molar-refractivity contribution is 0.602. The molecule has 0 amide bonds. The van der Waals surface area contributed by atoms with Gasteiger partial charge < -0.3 is 4.98 Å². The largest absolute Gasteiger partial charge is 0.338 e. The molecular weight excluding hydrogens is 418 g/mol. The molecule has 148 valence electrons. The zero-order chi connectivity index (χ0) is 20.7. The Bertz CT molecular complexity index is 1470. The number of benzene rings is 4. The second-order valence-corrected chi connectivity index (χ2v) is 8.91. The average Bonchev–Trinajstić information content (AvgIpc) is 3.18. The van der Waals surface area contributed by atoms with E-state index in [-0.39, 0.29) is 4.90 Å². The highest BCUT2D eigenvalue weighted by atomic mass is 35.5. The smallest absolute Gasteiger partial charge is 0.262 e. The van der Waals surface area contributed by atoms with Gasteiger partial charge in [0.25, 0.3) is 10.0 Å². The number of para-hydroxylation sites is 3. The number of anilines is 1. The molecule has 4 aromatic carbocycles. The molecule has 5 aromatic rings. The number of fused-ring (bicyclic) bond motifs is 2. The second kappa shape index (κ2) is 7.16. The third kappa shape index (κ3) is 3.20. The normalized spacial score (nSPS) is 11.8. The maximum Gasteiger partial charge on any atom is 0.262 e. The summed E-state index contributed by atoms with van der Waals surface area (Å²) < 4.78 is 29.4. The number of hydrogen-bond donors (Lipinski definition) is 2. The third-order valence-electron chi connectivity index (χ3n) is 4.92. The van der Waals surface area contributed by atoms with Crippen molar-refractivity contribution >= 4 is 49.1 Å². The van der Waals surface area contributed by atoms with Crippen molar-refractivity contribution in [3.63, 3.8) is 0 Å². The number of sulfonamides is 1.